The monoisotopic (exact) mass is 781 g/mol. The smallest absolute Gasteiger partial charge is 0.744 e. The number of hydrogen-bond donors (Lipinski definition) is 4. The molecule has 6 rings (SSSR count). The maximum atomic E-state index is 12.3. The molecule has 54 heavy (non-hydrogen) atoms. The van der Waals surface area contributed by atoms with Crippen molar-refractivity contribution in [2.45, 2.75) is 9.79 Å². The first-order valence-corrected chi connectivity index (χ1v) is 17.7. The van der Waals surface area contributed by atoms with Crippen molar-refractivity contribution >= 4 is 82.2 Å². The Kier molecular flexibility index (Phi) is 13.5. The average molecular weight is 782 g/mol. The zero-order valence-electron chi connectivity index (χ0n) is 28.5. The molecule has 20 heteroatoms. The average Bonchev–Trinajstić information content (AvgIpc) is 3.10. The first kappa shape index (κ1) is 42.1. The van der Waals surface area contributed by atoms with Crippen molar-refractivity contribution in [3.63, 3.8) is 0 Å². The third-order valence-corrected chi connectivity index (χ3v) is 9.23. The first-order chi connectivity index (χ1) is 24.7. The fraction of sp³-hybridized carbons (Fsp3) is 0. The molecular formula is C34H25N9Na2O7S2. The summed E-state index contributed by atoms with van der Waals surface area (Å²) in [6.07, 6.45) is 0. The summed E-state index contributed by atoms with van der Waals surface area (Å²) < 4.78 is 73.4. The number of aromatic hydroxyl groups is 1. The summed E-state index contributed by atoms with van der Waals surface area (Å²) in [5.41, 5.74) is 20.0. The van der Waals surface area contributed by atoms with E-state index in [-0.39, 0.29) is 81.3 Å². The van der Waals surface area contributed by atoms with Crippen LogP contribution in [0.5, 0.6) is 5.75 Å². The summed E-state index contributed by atoms with van der Waals surface area (Å²) in [5, 5.41) is 34.5. The van der Waals surface area contributed by atoms with Gasteiger partial charge in [0.2, 0.25) is 0 Å². The molecule has 6 aromatic carbocycles. The minimum Gasteiger partial charge on any atom is -0.744 e. The third-order valence-electron chi connectivity index (χ3n) is 7.53. The standard InChI is InChI=1S/C34H27N9O7S2.2Na/c35-22-10-15-27(26(36)18-22)41-38-24-11-6-19(7-12-24)20-8-13-25(14-9-20)40-42-32-28(51(45,46)47)16-21-17-29(52(48,49)50)33(34(44)30(21)31(32)37)43-39-23-4-2-1-3-5-23;;/h1-18,44H,35-37H2,(H,45,46,47)(H,48,49,50);;/q;2*+1/p-2/b41-38+,42-40+,43-39+;;. The predicted octanol–water partition coefficient (Wildman–Crippen LogP) is 2.02. The van der Waals surface area contributed by atoms with Crippen LogP contribution in [-0.2, 0) is 20.2 Å². The maximum Gasteiger partial charge on any atom is 1.00 e. The Morgan fingerprint density at radius 3 is 1.50 bits per heavy atom. The number of fused-ring (bicyclic) bond motifs is 1. The number of anilines is 3. The van der Waals surface area contributed by atoms with Gasteiger partial charge in [-0.25, -0.2) is 16.8 Å². The zero-order chi connectivity index (χ0) is 37.2. The molecule has 262 valence electrons. The van der Waals surface area contributed by atoms with Gasteiger partial charge in [-0.05, 0) is 83.2 Å². The van der Waals surface area contributed by atoms with Crippen molar-refractivity contribution in [2.75, 3.05) is 17.2 Å². The second-order valence-corrected chi connectivity index (χ2v) is 13.8. The Bertz CT molecular complexity index is 2660. The summed E-state index contributed by atoms with van der Waals surface area (Å²) in [6, 6.07) is 28.2. The van der Waals surface area contributed by atoms with E-state index in [2.05, 4.69) is 30.7 Å². The molecule has 16 nitrogen and oxygen atoms in total. The van der Waals surface area contributed by atoms with Crippen molar-refractivity contribution in [2.24, 2.45) is 30.7 Å². The number of phenolic OH excluding ortho intramolecular Hbond substituents is 1. The van der Waals surface area contributed by atoms with Gasteiger partial charge in [0, 0.05) is 5.69 Å². The quantitative estimate of drug-likeness (QED) is 0.0716. The van der Waals surface area contributed by atoms with E-state index in [4.69, 9.17) is 17.2 Å². The van der Waals surface area contributed by atoms with E-state index in [0.717, 1.165) is 23.3 Å². The summed E-state index contributed by atoms with van der Waals surface area (Å²) in [7, 11) is -10.6. The number of phenols is 1. The number of azo groups is 3. The maximum absolute atomic E-state index is 12.3. The summed E-state index contributed by atoms with van der Waals surface area (Å²) in [5.74, 6) is -0.915. The van der Waals surface area contributed by atoms with Crippen molar-refractivity contribution < 1.29 is 90.2 Å². The van der Waals surface area contributed by atoms with E-state index < -0.39 is 52.8 Å². The predicted molar refractivity (Wildman–Crippen MR) is 192 cm³/mol. The van der Waals surface area contributed by atoms with E-state index in [9.17, 15) is 31.0 Å². The van der Waals surface area contributed by atoms with Crippen molar-refractivity contribution in [1.82, 2.24) is 0 Å². The normalized spacial score (nSPS) is 12.0. The number of benzene rings is 6. The van der Waals surface area contributed by atoms with Gasteiger partial charge in [-0.3, -0.25) is 0 Å². The molecule has 0 spiro atoms. The van der Waals surface area contributed by atoms with E-state index in [0.29, 0.717) is 22.7 Å². The molecule has 0 aliphatic heterocycles. The van der Waals surface area contributed by atoms with E-state index >= 15 is 0 Å². The Balaban J connectivity index is 0.00000325. The minimum atomic E-state index is -5.30. The number of hydrogen-bond acceptors (Lipinski definition) is 16. The van der Waals surface area contributed by atoms with Crippen LogP contribution in [-0.4, -0.2) is 31.0 Å². The Hall–Kier alpha value is -4.60. The number of nitrogens with zero attached hydrogens (tertiary/aromatic N) is 6. The van der Waals surface area contributed by atoms with Gasteiger partial charge in [0.15, 0.2) is 5.75 Å². The third kappa shape index (κ3) is 9.54. The topological polar surface area (TPSA) is 287 Å². The van der Waals surface area contributed by atoms with Gasteiger partial charge in [-0.1, -0.05) is 42.5 Å². The van der Waals surface area contributed by atoms with Crippen LogP contribution in [0.1, 0.15) is 0 Å². The van der Waals surface area contributed by atoms with Crippen molar-refractivity contribution in [3.8, 4) is 16.9 Å². The van der Waals surface area contributed by atoms with Crippen LogP contribution in [0.4, 0.5) is 51.2 Å². The van der Waals surface area contributed by atoms with Gasteiger partial charge < -0.3 is 31.4 Å². The van der Waals surface area contributed by atoms with Crippen LogP contribution in [0.15, 0.2) is 150 Å². The van der Waals surface area contributed by atoms with E-state index in [1.807, 2.05) is 12.1 Å². The SMILES string of the molecule is Nc1ccc(/N=N/c2ccc(-c3ccc(/N=N/c4c(S(=O)(=O)[O-])cc5cc(S(=O)(=O)[O-])c(/N=N/c6ccccc6)c(O)c5c4N)cc3)cc2)c(N)c1.[Na+].[Na+]. The molecule has 0 aliphatic carbocycles. The Morgan fingerprint density at radius 1 is 0.537 bits per heavy atom. The van der Waals surface area contributed by atoms with Crippen LogP contribution in [0.3, 0.4) is 0 Å². The second kappa shape index (κ2) is 17.2. The molecular weight excluding hydrogens is 757 g/mol. The fourth-order valence-corrected chi connectivity index (χ4v) is 6.32. The molecule has 0 atom stereocenters. The van der Waals surface area contributed by atoms with E-state index in [1.54, 1.807) is 72.8 Å². The van der Waals surface area contributed by atoms with Crippen LogP contribution >= 0.6 is 0 Å². The zero-order valence-corrected chi connectivity index (χ0v) is 34.2. The summed E-state index contributed by atoms with van der Waals surface area (Å²) in [6.45, 7) is 0. The van der Waals surface area contributed by atoms with Crippen molar-refractivity contribution in [3.05, 3.63) is 109 Å². The molecule has 0 heterocycles. The molecule has 0 saturated heterocycles. The van der Waals surface area contributed by atoms with Gasteiger partial charge in [0.1, 0.15) is 37.3 Å². The molecule has 0 amide bonds. The van der Waals surface area contributed by atoms with Gasteiger partial charge in [-0.15, -0.1) is 15.3 Å². The van der Waals surface area contributed by atoms with Gasteiger partial charge in [-0.2, -0.15) is 15.3 Å². The number of nitrogen functional groups attached to an aromatic ring is 3. The van der Waals surface area contributed by atoms with Gasteiger partial charge in [0.25, 0.3) is 0 Å². The molecule has 0 aromatic heterocycles. The molecule has 0 aliphatic rings. The molecule has 0 radical (unpaired) electrons. The fourth-order valence-electron chi connectivity index (χ4n) is 5.02. The number of rotatable bonds is 9. The van der Waals surface area contributed by atoms with Gasteiger partial charge >= 0.3 is 59.1 Å². The summed E-state index contributed by atoms with van der Waals surface area (Å²) in [4.78, 5) is -2.00. The summed E-state index contributed by atoms with van der Waals surface area (Å²) >= 11 is 0. The Labute approximate surface area is 353 Å². The second-order valence-electron chi connectivity index (χ2n) is 11.1. The van der Waals surface area contributed by atoms with Crippen molar-refractivity contribution in [1.29, 1.82) is 0 Å². The minimum absolute atomic E-state index is 0. The number of nitrogens with two attached hydrogens (primary N) is 3. The van der Waals surface area contributed by atoms with Crippen LogP contribution in [0, 0.1) is 0 Å². The van der Waals surface area contributed by atoms with Crippen LogP contribution in [0.2, 0.25) is 0 Å². The van der Waals surface area contributed by atoms with Crippen LogP contribution < -0.4 is 76.3 Å². The molecule has 0 fully saturated rings. The molecule has 6 aromatic rings. The Morgan fingerprint density at radius 2 is 1.00 bits per heavy atom. The van der Waals surface area contributed by atoms with Crippen LogP contribution in [0.25, 0.3) is 21.9 Å². The largest absolute Gasteiger partial charge is 1.00 e. The molecule has 0 bridgehead atoms. The molecule has 0 unspecified atom stereocenters. The first-order valence-electron chi connectivity index (χ1n) is 14.9. The molecule has 7 N–H and O–H groups in total. The molecule has 0 saturated carbocycles. The van der Waals surface area contributed by atoms with Gasteiger partial charge in [0.05, 0.1) is 43.6 Å². The van der Waals surface area contributed by atoms with E-state index in [1.165, 1.54) is 12.1 Å².